The molecule has 0 aliphatic heterocycles. The smallest absolute Gasteiger partial charge is 0.306 e. The quantitative estimate of drug-likeness (QED) is 0.0261. The van der Waals surface area contributed by atoms with Gasteiger partial charge < -0.3 is 14.2 Å². The fourth-order valence-corrected chi connectivity index (χ4v) is 9.45. The van der Waals surface area contributed by atoms with Gasteiger partial charge in [0.05, 0.1) is 0 Å². The van der Waals surface area contributed by atoms with E-state index in [0.717, 1.165) is 77.0 Å². The molecule has 0 radical (unpaired) electrons. The molecule has 0 aromatic heterocycles. The third-order valence-corrected chi connectivity index (χ3v) is 14.3. The second-order valence-corrected chi connectivity index (χ2v) is 21.7. The molecule has 0 aromatic rings. The number of ether oxygens (including phenoxy) is 3. The summed E-state index contributed by atoms with van der Waals surface area (Å²) in [6.07, 6.45) is 77.2. The van der Waals surface area contributed by atoms with E-state index in [-0.39, 0.29) is 31.1 Å². The van der Waals surface area contributed by atoms with Crippen molar-refractivity contribution in [1.82, 2.24) is 0 Å². The topological polar surface area (TPSA) is 78.9 Å². The third kappa shape index (κ3) is 60.1. The first-order valence-corrected chi connectivity index (χ1v) is 32.1. The summed E-state index contributed by atoms with van der Waals surface area (Å²) in [5, 5.41) is 0. The Bertz CT molecular complexity index is 1270. The summed E-state index contributed by atoms with van der Waals surface area (Å²) in [5.41, 5.74) is 0. The molecule has 6 nitrogen and oxygen atoms in total. The highest BCUT2D eigenvalue weighted by Gasteiger charge is 2.19. The fraction of sp³-hybridized carbons (Fsp3) is 0.836. The van der Waals surface area contributed by atoms with Gasteiger partial charge in [-0.2, -0.15) is 0 Å². The molecule has 73 heavy (non-hydrogen) atoms. The molecule has 0 amide bonds. The molecule has 1 atom stereocenters. The Kier molecular flexibility index (Phi) is 59.7. The van der Waals surface area contributed by atoms with Crippen LogP contribution in [0, 0.1) is 0 Å². The van der Waals surface area contributed by atoms with Gasteiger partial charge in [0.15, 0.2) is 6.10 Å². The highest BCUT2D eigenvalue weighted by atomic mass is 16.6. The first-order valence-electron chi connectivity index (χ1n) is 32.1. The van der Waals surface area contributed by atoms with Crippen molar-refractivity contribution in [2.75, 3.05) is 13.2 Å². The van der Waals surface area contributed by atoms with Gasteiger partial charge in [-0.15, -0.1) is 0 Å². The Labute approximate surface area is 454 Å². The number of carbonyl (C=O) groups is 3. The summed E-state index contributed by atoms with van der Waals surface area (Å²) in [4.78, 5) is 38.0. The number of hydrogen-bond acceptors (Lipinski definition) is 6. The number of carbonyl (C=O) groups excluding carboxylic acids is 3. The average molecular weight is 1020 g/mol. The van der Waals surface area contributed by atoms with E-state index < -0.39 is 6.10 Å². The SMILES string of the molecule is CCCCCCC/C=C\C/C=C\C/C=C\CCCCCCCCCCCCCCCCCCCCC(=O)OCC(COC(=O)CCCCCCCCCC)OC(=O)CCCCCCC/C=C\CCCCCCC. The van der Waals surface area contributed by atoms with E-state index in [1.165, 1.54) is 225 Å². The van der Waals surface area contributed by atoms with Gasteiger partial charge in [0.25, 0.3) is 0 Å². The summed E-state index contributed by atoms with van der Waals surface area (Å²) in [6.45, 7) is 6.62. The van der Waals surface area contributed by atoms with E-state index in [1.807, 2.05) is 0 Å². The standard InChI is InChI=1S/C67H122O6/c1-4-7-10-13-16-19-21-23-25-26-27-28-29-30-31-32-33-34-35-36-37-38-39-40-41-42-43-45-46-48-51-54-57-60-66(69)72-63-64(62-71-65(68)59-56-53-50-18-15-12-9-6-3)73-67(70)61-58-55-52-49-47-44-24-22-20-17-14-11-8-5-2/h21-24,26-27,29-30,64H,4-20,25,28,31-63H2,1-3H3/b23-21-,24-22-,27-26-,30-29-. The van der Waals surface area contributed by atoms with Crippen molar-refractivity contribution in [3.63, 3.8) is 0 Å². The van der Waals surface area contributed by atoms with Crippen LogP contribution in [0.1, 0.15) is 342 Å². The molecular formula is C67H122O6. The van der Waals surface area contributed by atoms with E-state index in [4.69, 9.17) is 14.2 Å². The fourth-order valence-electron chi connectivity index (χ4n) is 9.45. The third-order valence-electron chi connectivity index (χ3n) is 14.3. The Balaban J connectivity index is 4.00. The van der Waals surface area contributed by atoms with Crippen LogP contribution in [-0.2, 0) is 28.6 Å². The monoisotopic (exact) mass is 1020 g/mol. The van der Waals surface area contributed by atoms with Gasteiger partial charge in [-0.3, -0.25) is 14.4 Å². The summed E-state index contributed by atoms with van der Waals surface area (Å²) in [7, 11) is 0. The molecule has 0 aliphatic rings. The molecule has 0 rings (SSSR count). The summed E-state index contributed by atoms with van der Waals surface area (Å²) in [5.74, 6) is -0.868. The van der Waals surface area contributed by atoms with Gasteiger partial charge in [-0.05, 0) is 83.5 Å². The van der Waals surface area contributed by atoms with Crippen LogP contribution in [0.5, 0.6) is 0 Å². The minimum atomic E-state index is -0.772. The van der Waals surface area contributed by atoms with E-state index in [0.29, 0.717) is 19.3 Å². The summed E-state index contributed by atoms with van der Waals surface area (Å²) in [6, 6.07) is 0. The predicted molar refractivity (Wildman–Crippen MR) is 316 cm³/mol. The minimum absolute atomic E-state index is 0.0720. The van der Waals surface area contributed by atoms with Gasteiger partial charge in [-0.1, -0.05) is 288 Å². The van der Waals surface area contributed by atoms with Crippen LogP contribution in [0.4, 0.5) is 0 Å². The van der Waals surface area contributed by atoms with Crippen LogP contribution in [0.15, 0.2) is 48.6 Å². The maximum absolute atomic E-state index is 12.8. The molecule has 0 aliphatic carbocycles. The van der Waals surface area contributed by atoms with Crippen molar-refractivity contribution < 1.29 is 28.6 Å². The van der Waals surface area contributed by atoms with Gasteiger partial charge in [-0.25, -0.2) is 0 Å². The zero-order valence-corrected chi connectivity index (χ0v) is 48.9. The molecule has 6 heteroatoms. The molecule has 0 saturated carbocycles. The maximum atomic E-state index is 12.8. The van der Waals surface area contributed by atoms with Crippen LogP contribution in [0.2, 0.25) is 0 Å². The lowest BCUT2D eigenvalue weighted by Crippen LogP contribution is -2.30. The van der Waals surface area contributed by atoms with E-state index in [1.54, 1.807) is 0 Å². The molecule has 0 fully saturated rings. The Morgan fingerprint density at radius 3 is 0.781 bits per heavy atom. The lowest BCUT2D eigenvalue weighted by molar-refractivity contribution is -0.167. The van der Waals surface area contributed by atoms with Crippen molar-refractivity contribution in [3.05, 3.63) is 48.6 Å². The van der Waals surface area contributed by atoms with Crippen molar-refractivity contribution in [2.24, 2.45) is 0 Å². The average Bonchev–Trinajstić information content (AvgIpc) is 3.39. The van der Waals surface area contributed by atoms with E-state index >= 15 is 0 Å². The number of allylic oxidation sites excluding steroid dienone is 8. The Morgan fingerprint density at radius 2 is 0.493 bits per heavy atom. The molecule has 1 unspecified atom stereocenters. The largest absolute Gasteiger partial charge is 0.462 e. The molecule has 0 spiro atoms. The maximum Gasteiger partial charge on any atom is 0.306 e. The first-order chi connectivity index (χ1) is 36.0. The van der Waals surface area contributed by atoms with Crippen LogP contribution < -0.4 is 0 Å². The summed E-state index contributed by atoms with van der Waals surface area (Å²) < 4.78 is 16.8. The minimum Gasteiger partial charge on any atom is -0.462 e. The van der Waals surface area contributed by atoms with Crippen molar-refractivity contribution in [2.45, 2.75) is 348 Å². The molecule has 0 saturated heterocycles. The second kappa shape index (κ2) is 61.9. The lowest BCUT2D eigenvalue weighted by Gasteiger charge is -2.18. The zero-order chi connectivity index (χ0) is 52.9. The molecule has 426 valence electrons. The number of esters is 3. The van der Waals surface area contributed by atoms with Gasteiger partial charge >= 0.3 is 17.9 Å². The van der Waals surface area contributed by atoms with Crippen LogP contribution in [0.3, 0.4) is 0 Å². The molecule has 0 aromatic carbocycles. The first kappa shape index (κ1) is 70.4. The van der Waals surface area contributed by atoms with Crippen LogP contribution in [-0.4, -0.2) is 37.2 Å². The second-order valence-electron chi connectivity index (χ2n) is 21.7. The number of hydrogen-bond donors (Lipinski definition) is 0. The molecule has 0 heterocycles. The van der Waals surface area contributed by atoms with Gasteiger partial charge in [0, 0.05) is 19.3 Å². The highest BCUT2D eigenvalue weighted by molar-refractivity contribution is 5.71. The predicted octanol–water partition coefficient (Wildman–Crippen LogP) is 21.8. The Morgan fingerprint density at radius 1 is 0.274 bits per heavy atom. The van der Waals surface area contributed by atoms with E-state index in [9.17, 15) is 14.4 Å². The number of unbranched alkanes of at least 4 members (excludes halogenated alkanes) is 40. The van der Waals surface area contributed by atoms with Crippen molar-refractivity contribution in [3.8, 4) is 0 Å². The van der Waals surface area contributed by atoms with Gasteiger partial charge in [0.2, 0.25) is 0 Å². The highest BCUT2D eigenvalue weighted by Crippen LogP contribution is 2.17. The molecule has 0 bridgehead atoms. The van der Waals surface area contributed by atoms with E-state index in [2.05, 4.69) is 69.4 Å². The normalized spacial score (nSPS) is 12.3. The lowest BCUT2D eigenvalue weighted by atomic mass is 10.0. The molecule has 0 N–H and O–H groups in total. The molecular weight excluding hydrogens is 901 g/mol. The van der Waals surface area contributed by atoms with Crippen molar-refractivity contribution >= 4 is 17.9 Å². The zero-order valence-electron chi connectivity index (χ0n) is 48.9. The van der Waals surface area contributed by atoms with Gasteiger partial charge in [0.1, 0.15) is 13.2 Å². The van der Waals surface area contributed by atoms with Crippen molar-refractivity contribution in [1.29, 1.82) is 0 Å². The van der Waals surface area contributed by atoms with Crippen LogP contribution >= 0.6 is 0 Å². The van der Waals surface area contributed by atoms with Crippen LogP contribution in [0.25, 0.3) is 0 Å². The summed E-state index contributed by atoms with van der Waals surface area (Å²) >= 11 is 0. The Hall–Kier alpha value is -2.63. The number of rotatable bonds is 59.